The number of aromatic nitrogens is 5. The van der Waals surface area contributed by atoms with E-state index in [1.54, 1.807) is 23.1 Å². The third kappa shape index (κ3) is 3.71. The molecular weight excluding hydrogens is 438 g/mol. The Hall–Kier alpha value is -2.49. The lowest BCUT2D eigenvalue weighted by molar-refractivity contribution is 0.111. The van der Waals surface area contributed by atoms with Crippen LogP contribution in [0.2, 0.25) is 5.02 Å². The molecule has 0 aliphatic heterocycles. The van der Waals surface area contributed by atoms with Crippen molar-refractivity contribution in [1.82, 2.24) is 24.3 Å². The number of hydrogen-bond acceptors (Lipinski definition) is 6. The van der Waals surface area contributed by atoms with Gasteiger partial charge < -0.3 is 9.67 Å². The van der Waals surface area contributed by atoms with Crippen LogP contribution in [0.4, 0.5) is 0 Å². The Kier molecular flexibility index (Phi) is 4.99. The van der Waals surface area contributed by atoms with Gasteiger partial charge in [0.05, 0.1) is 35.4 Å². The monoisotopic (exact) mass is 459 g/mol. The van der Waals surface area contributed by atoms with Gasteiger partial charge in [0.15, 0.2) is 14.9 Å². The Morgan fingerprint density at radius 2 is 1.94 bits per heavy atom. The Balaban J connectivity index is 1.65. The van der Waals surface area contributed by atoms with Gasteiger partial charge in [-0.2, -0.15) is 5.10 Å². The van der Waals surface area contributed by atoms with E-state index in [-0.39, 0.29) is 17.2 Å². The van der Waals surface area contributed by atoms with E-state index in [0.717, 1.165) is 48.8 Å². The third-order valence-corrected chi connectivity index (χ3v) is 7.16. The van der Waals surface area contributed by atoms with Crippen molar-refractivity contribution in [2.75, 3.05) is 6.26 Å². The summed E-state index contributed by atoms with van der Waals surface area (Å²) in [5.74, 6) is 0.770. The van der Waals surface area contributed by atoms with E-state index < -0.39 is 9.84 Å². The number of aliphatic hydroxyl groups excluding tert-OH is 1. The Morgan fingerprint density at radius 3 is 2.68 bits per heavy atom. The molecule has 1 fully saturated rings. The standard InChI is InChI=1S/C21H22ClN5O3S/c1-31(29,30)21-16-8-9-23-11-19(16)26(25-21)12-20-24-17-10-13(22)2-7-18(17)27(20)14-3-5-15(28)6-4-14/h2,7-11,14-15,28H,3-6,12H2,1H3. The Morgan fingerprint density at radius 1 is 1.16 bits per heavy atom. The molecule has 1 saturated carbocycles. The summed E-state index contributed by atoms with van der Waals surface area (Å²) in [6.45, 7) is 0.295. The molecule has 8 nitrogen and oxygen atoms in total. The van der Waals surface area contributed by atoms with E-state index in [9.17, 15) is 13.5 Å². The maximum Gasteiger partial charge on any atom is 0.195 e. The van der Waals surface area contributed by atoms with Gasteiger partial charge in [-0.05, 0) is 49.9 Å². The molecule has 3 aromatic heterocycles. The van der Waals surface area contributed by atoms with Gasteiger partial charge in [0.1, 0.15) is 5.82 Å². The Bertz CT molecular complexity index is 1390. The summed E-state index contributed by atoms with van der Waals surface area (Å²) in [7, 11) is -3.50. The van der Waals surface area contributed by atoms with Gasteiger partial charge >= 0.3 is 0 Å². The lowest BCUT2D eigenvalue weighted by Gasteiger charge is -2.28. The number of halogens is 1. The smallest absolute Gasteiger partial charge is 0.195 e. The van der Waals surface area contributed by atoms with Crippen LogP contribution >= 0.6 is 11.6 Å². The third-order valence-electron chi connectivity index (χ3n) is 5.92. The number of benzene rings is 1. The number of sulfone groups is 1. The minimum Gasteiger partial charge on any atom is -0.393 e. The highest BCUT2D eigenvalue weighted by Crippen LogP contribution is 2.34. The zero-order chi connectivity index (χ0) is 21.8. The minimum atomic E-state index is -3.50. The number of aliphatic hydroxyl groups is 1. The molecule has 4 aromatic rings. The molecular formula is C21H22ClN5O3S. The summed E-state index contributed by atoms with van der Waals surface area (Å²) in [4.78, 5) is 8.98. The van der Waals surface area contributed by atoms with Gasteiger partial charge in [-0.3, -0.25) is 9.67 Å². The highest BCUT2D eigenvalue weighted by molar-refractivity contribution is 7.90. The lowest BCUT2D eigenvalue weighted by Crippen LogP contribution is -2.23. The molecule has 0 amide bonds. The molecule has 31 heavy (non-hydrogen) atoms. The van der Waals surface area contributed by atoms with E-state index in [4.69, 9.17) is 16.6 Å². The molecule has 10 heteroatoms. The van der Waals surface area contributed by atoms with Gasteiger partial charge in [-0.15, -0.1) is 0 Å². The van der Waals surface area contributed by atoms with E-state index in [0.29, 0.717) is 22.5 Å². The normalized spacial score (nSPS) is 20.0. The fourth-order valence-electron chi connectivity index (χ4n) is 4.48. The largest absolute Gasteiger partial charge is 0.393 e. The summed E-state index contributed by atoms with van der Waals surface area (Å²) in [5.41, 5.74) is 2.39. The fraction of sp³-hybridized carbons (Fsp3) is 0.381. The van der Waals surface area contributed by atoms with Crippen LogP contribution in [-0.4, -0.2) is 50.2 Å². The number of fused-ring (bicyclic) bond motifs is 2. The highest BCUT2D eigenvalue weighted by atomic mass is 35.5. The van der Waals surface area contributed by atoms with Crippen LogP contribution in [-0.2, 0) is 16.4 Å². The van der Waals surface area contributed by atoms with Crippen molar-refractivity contribution in [3.63, 3.8) is 0 Å². The first-order valence-electron chi connectivity index (χ1n) is 10.2. The maximum atomic E-state index is 12.3. The van der Waals surface area contributed by atoms with Crippen molar-refractivity contribution >= 4 is 43.4 Å². The average Bonchev–Trinajstić information content (AvgIpc) is 3.27. The van der Waals surface area contributed by atoms with E-state index in [1.165, 1.54) is 0 Å². The predicted molar refractivity (Wildman–Crippen MR) is 118 cm³/mol. The van der Waals surface area contributed by atoms with Crippen molar-refractivity contribution in [3.8, 4) is 0 Å². The van der Waals surface area contributed by atoms with Crippen LogP contribution in [0.15, 0.2) is 41.7 Å². The van der Waals surface area contributed by atoms with E-state index >= 15 is 0 Å². The second kappa shape index (κ2) is 7.58. The van der Waals surface area contributed by atoms with Crippen LogP contribution < -0.4 is 0 Å². The molecule has 0 radical (unpaired) electrons. The fourth-order valence-corrected chi connectivity index (χ4v) is 5.46. The van der Waals surface area contributed by atoms with Crippen molar-refractivity contribution < 1.29 is 13.5 Å². The number of nitrogens with zero attached hydrogens (tertiary/aromatic N) is 5. The van der Waals surface area contributed by atoms with Crippen molar-refractivity contribution in [1.29, 1.82) is 0 Å². The second-order valence-corrected chi connectivity index (χ2v) is 10.5. The molecule has 5 rings (SSSR count). The zero-order valence-corrected chi connectivity index (χ0v) is 18.5. The van der Waals surface area contributed by atoms with Crippen LogP contribution in [0.1, 0.15) is 37.5 Å². The molecule has 162 valence electrons. The molecule has 0 atom stereocenters. The summed E-state index contributed by atoms with van der Waals surface area (Å²) < 4.78 is 28.4. The van der Waals surface area contributed by atoms with Gasteiger partial charge in [0.2, 0.25) is 0 Å². The van der Waals surface area contributed by atoms with Gasteiger partial charge in [0.25, 0.3) is 0 Å². The lowest BCUT2D eigenvalue weighted by atomic mass is 9.92. The van der Waals surface area contributed by atoms with Gasteiger partial charge in [-0.1, -0.05) is 11.6 Å². The topological polar surface area (TPSA) is 103 Å². The zero-order valence-electron chi connectivity index (χ0n) is 16.9. The molecule has 0 saturated heterocycles. The molecule has 0 bridgehead atoms. The number of pyridine rings is 1. The van der Waals surface area contributed by atoms with Crippen molar-refractivity contribution in [2.45, 2.75) is 49.4 Å². The number of imidazole rings is 1. The Labute approximate surface area is 184 Å². The molecule has 0 unspecified atom stereocenters. The van der Waals surface area contributed by atoms with Crippen LogP contribution in [0.25, 0.3) is 21.9 Å². The van der Waals surface area contributed by atoms with Crippen LogP contribution in [0, 0.1) is 0 Å². The molecule has 1 aliphatic rings. The number of hydrogen-bond donors (Lipinski definition) is 1. The van der Waals surface area contributed by atoms with Gasteiger partial charge in [0, 0.05) is 28.9 Å². The quantitative estimate of drug-likeness (QED) is 0.502. The molecule has 1 aromatic carbocycles. The molecule has 1 aliphatic carbocycles. The summed E-state index contributed by atoms with van der Waals surface area (Å²) >= 11 is 6.20. The van der Waals surface area contributed by atoms with Crippen LogP contribution in [0.5, 0.6) is 0 Å². The highest BCUT2D eigenvalue weighted by Gasteiger charge is 2.26. The molecule has 0 spiro atoms. The summed E-state index contributed by atoms with van der Waals surface area (Å²) in [5, 5.41) is 15.6. The van der Waals surface area contributed by atoms with E-state index in [2.05, 4.69) is 14.6 Å². The van der Waals surface area contributed by atoms with Gasteiger partial charge in [-0.25, -0.2) is 13.4 Å². The van der Waals surface area contributed by atoms with Crippen molar-refractivity contribution in [2.24, 2.45) is 0 Å². The number of rotatable bonds is 4. The van der Waals surface area contributed by atoms with Crippen LogP contribution in [0.3, 0.4) is 0 Å². The minimum absolute atomic E-state index is 0.0383. The second-order valence-electron chi connectivity index (χ2n) is 8.12. The maximum absolute atomic E-state index is 12.3. The molecule has 1 N–H and O–H groups in total. The first-order chi connectivity index (χ1) is 14.8. The SMILES string of the molecule is CS(=O)(=O)c1nn(Cc2nc3cc(Cl)ccc3n2C2CCC(O)CC2)c2cnccc12. The summed E-state index contributed by atoms with van der Waals surface area (Å²) in [6.07, 6.45) is 7.25. The van der Waals surface area contributed by atoms with E-state index in [1.807, 2.05) is 18.2 Å². The molecule has 3 heterocycles. The average molecular weight is 460 g/mol. The first-order valence-corrected chi connectivity index (χ1v) is 12.4. The summed E-state index contributed by atoms with van der Waals surface area (Å²) in [6, 6.07) is 7.50. The predicted octanol–water partition coefficient (Wildman–Crippen LogP) is 3.36. The first kappa shape index (κ1) is 20.4. The van der Waals surface area contributed by atoms with Crippen molar-refractivity contribution in [3.05, 3.63) is 47.5 Å².